The molecule has 1 rings (SSSR count). The average Bonchev–Trinajstić information content (AvgIpc) is 3.11. The Morgan fingerprint density at radius 1 is 1.06 bits per heavy atom. The first-order chi connectivity index (χ1) is 14.5. The van der Waals surface area contributed by atoms with Crippen molar-refractivity contribution in [2.45, 2.75) is 71.6 Å². The number of imide groups is 1. The largest absolute Gasteiger partial charge is 0.467 e. The molecule has 1 fully saturated rings. The summed E-state index contributed by atoms with van der Waals surface area (Å²) in [7, 11) is 1.16. The summed E-state index contributed by atoms with van der Waals surface area (Å²) in [6.07, 6.45) is -0.562. The van der Waals surface area contributed by atoms with Crippen molar-refractivity contribution in [3.63, 3.8) is 0 Å². The van der Waals surface area contributed by atoms with Gasteiger partial charge in [-0.1, -0.05) is 13.3 Å². The second-order valence-corrected chi connectivity index (χ2v) is 7.92. The van der Waals surface area contributed by atoms with Crippen LogP contribution in [0.3, 0.4) is 0 Å². The fraction of sp³-hybridized carbons (Fsp3) is 0.750. The van der Waals surface area contributed by atoms with Crippen LogP contribution in [0.4, 0.5) is 9.59 Å². The Bertz CT molecular complexity index is 687. The average molecular weight is 444 g/mol. The molecule has 0 N–H and O–H groups in total. The molecule has 11 nitrogen and oxygen atoms in total. The lowest BCUT2D eigenvalue weighted by atomic mass is 10.1. The molecule has 176 valence electrons. The maximum absolute atomic E-state index is 12.8. The van der Waals surface area contributed by atoms with E-state index >= 15 is 0 Å². The van der Waals surface area contributed by atoms with E-state index in [1.54, 1.807) is 20.8 Å². The lowest BCUT2D eigenvalue weighted by molar-refractivity contribution is -0.160. The van der Waals surface area contributed by atoms with Crippen molar-refractivity contribution >= 4 is 30.0 Å². The molecule has 0 aliphatic carbocycles. The van der Waals surface area contributed by atoms with Gasteiger partial charge in [-0.15, -0.1) is 0 Å². The van der Waals surface area contributed by atoms with Crippen LogP contribution in [0, 0.1) is 0 Å². The summed E-state index contributed by atoms with van der Waals surface area (Å²) in [5.41, 5.74) is -0.955. The summed E-state index contributed by atoms with van der Waals surface area (Å²) in [6, 6.07) is -2.11. The van der Waals surface area contributed by atoms with Crippen LogP contribution in [-0.2, 0) is 33.3 Å². The van der Waals surface area contributed by atoms with Gasteiger partial charge in [-0.25, -0.2) is 24.1 Å². The van der Waals surface area contributed by atoms with Crippen molar-refractivity contribution in [2.24, 2.45) is 0 Å². The number of hydrogen-bond acceptors (Lipinski definition) is 9. The van der Waals surface area contributed by atoms with E-state index in [0.717, 1.165) is 18.4 Å². The van der Waals surface area contributed by atoms with Crippen LogP contribution in [0.1, 0.15) is 53.9 Å². The van der Waals surface area contributed by atoms with Crippen molar-refractivity contribution in [1.82, 2.24) is 9.80 Å². The normalized spacial score (nSPS) is 18.2. The minimum absolute atomic E-state index is 0.0714. The van der Waals surface area contributed by atoms with Crippen molar-refractivity contribution in [2.75, 3.05) is 26.9 Å². The number of nitrogens with zero attached hydrogens (tertiary/aromatic N) is 2. The number of likely N-dealkylation sites (tertiary alicyclic amines) is 1. The molecule has 0 unspecified atom stereocenters. The van der Waals surface area contributed by atoms with Crippen LogP contribution in [0.15, 0.2) is 0 Å². The first-order valence-electron chi connectivity index (χ1n) is 10.2. The molecule has 0 aromatic heterocycles. The molecular formula is C20H32N2O9. The van der Waals surface area contributed by atoms with Gasteiger partial charge in [-0.05, 0) is 34.1 Å². The Morgan fingerprint density at radius 3 is 2.23 bits per heavy atom. The van der Waals surface area contributed by atoms with Crippen LogP contribution >= 0.6 is 0 Å². The fourth-order valence-electron chi connectivity index (χ4n) is 2.95. The van der Waals surface area contributed by atoms with E-state index in [0.29, 0.717) is 11.3 Å². The van der Waals surface area contributed by atoms with Gasteiger partial charge < -0.3 is 18.9 Å². The molecule has 0 spiro atoms. The first-order valence-corrected chi connectivity index (χ1v) is 10.2. The highest BCUT2D eigenvalue weighted by Crippen LogP contribution is 2.26. The number of carbonyl (C=O) groups excluding carboxylic acids is 5. The molecule has 2 atom stereocenters. The van der Waals surface area contributed by atoms with Crippen molar-refractivity contribution < 1.29 is 42.9 Å². The molecule has 0 saturated carbocycles. The Morgan fingerprint density at radius 2 is 1.71 bits per heavy atom. The molecule has 0 bridgehead atoms. The quantitative estimate of drug-likeness (QED) is 0.261. The molecular weight excluding hydrogens is 412 g/mol. The van der Waals surface area contributed by atoms with Crippen LogP contribution in [0.5, 0.6) is 0 Å². The summed E-state index contributed by atoms with van der Waals surface area (Å²) in [5.74, 6) is -3.22. The topological polar surface area (TPSA) is 129 Å². The molecule has 0 aromatic carbocycles. The van der Waals surface area contributed by atoms with E-state index in [1.165, 1.54) is 6.92 Å². The minimum atomic E-state index is -1.24. The molecule has 1 heterocycles. The number of ether oxygens (including phenoxy) is 4. The van der Waals surface area contributed by atoms with Crippen LogP contribution in [0.2, 0.25) is 0 Å². The number of rotatable bonds is 6. The molecule has 0 aromatic rings. The SMILES string of the molecule is CCCCOC(=O)N1C[C@H](N(C(=O)OC(C)(C)C)C(=O)C(=O)OCC)C[C@H]1C(=O)OC. The standard InChI is InChI=1S/C20H32N2O9/c1-7-9-10-30-18(26)21-12-13(11-14(21)16(24)28-6)22(15(23)17(25)29-8-2)19(27)31-20(3,4)5/h13-14H,7-12H2,1-6H3/t13-,14+/m1/s1. The molecule has 1 aliphatic rings. The molecule has 11 heteroatoms. The minimum Gasteiger partial charge on any atom is -0.467 e. The van der Waals surface area contributed by atoms with E-state index < -0.39 is 47.7 Å². The maximum atomic E-state index is 12.8. The molecule has 31 heavy (non-hydrogen) atoms. The smallest absolute Gasteiger partial charge is 0.417 e. The number of methoxy groups -OCH3 is 1. The number of esters is 2. The Hall–Kier alpha value is -2.85. The molecule has 0 radical (unpaired) electrons. The first kappa shape index (κ1) is 26.2. The highest BCUT2D eigenvalue weighted by molar-refractivity contribution is 6.35. The summed E-state index contributed by atoms with van der Waals surface area (Å²) < 4.78 is 19.9. The zero-order valence-corrected chi connectivity index (χ0v) is 19.0. The Kier molecular flexibility index (Phi) is 9.73. The van der Waals surface area contributed by atoms with Gasteiger partial charge in [0, 0.05) is 13.0 Å². The zero-order valence-electron chi connectivity index (χ0n) is 19.0. The summed E-state index contributed by atoms with van der Waals surface area (Å²) in [4.78, 5) is 63.9. The number of amides is 3. The van der Waals surface area contributed by atoms with E-state index in [4.69, 9.17) is 18.9 Å². The predicted octanol–water partition coefficient (Wildman–Crippen LogP) is 1.87. The van der Waals surface area contributed by atoms with Crippen LogP contribution in [-0.4, -0.2) is 84.4 Å². The predicted molar refractivity (Wildman–Crippen MR) is 107 cm³/mol. The van der Waals surface area contributed by atoms with Gasteiger partial charge in [0.1, 0.15) is 11.6 Å². The van der Waals surface area contributed by atoms with Gasteiger partial charge in [-0.2, -0.15) is 0 Å². The van der Waals surface area contributed by atoms with E-state index in [2.05, 4.69) is 0 Å². The van der Waals surface area contributed by atoms with E-state index in [9.17, 15) is 24.0 Å². The second kappa shape index (κ2) is 11.5. The number of carbonyl (C=O) groups is 5. The van der Waals surface area contributed by atoms with Gasteiger partial charge in [0.25, 0.3) is 0 Å². The highest BCUT2D eigenvalue weighted by atomic mass is 16.6. The zero-order chi connectivity index (χ0) is 23.8. The molecule has 1 aliphatic heterocycles. The number of hydrogen-bond donors (Lipinski definition) is 0. The summed E-state index contributed by atoms with van der Waals surface area (Å²) >= 11 is 0. The number of unbranched alkanes of at least 4 members (excludes halogenated alkanes) is 1. The van der Waals surface area contributed by atoms with Gasteiger partial charge in [-0.3, -0.25) is 9.69 Å². The van der Waals surface area contributed by atoms with Gasteiger partial charge in [0.2, 0.25) is 0 Å². The van der Waals surface area contributed by atoms with E-state index in [-0.39, 0.29) is 26.2 Å². The lowest BCUT2D eigenvalue weighted by Gasteiger charge is -2.29. The summed E-state index contributed by atoms with van der Waals surface area (Å²) in [6.45, 7) is 8.09. The van der Waals surface area contributed by atoms with Gasteiger partial charge in [0.05, 0.1) is 26.4 Å². The second-order valence-electron chi connectivity index (χ2n) is 7.92. The van der Waals surface area contributed by atoms with Crippen LogP contribution < -0.4 is 0 Å². The fourth-order valence-corrected chi connectivity index (χ4v) is 2.95. The van der Waals surface area contributed by atoms with Crippen molar-refractivity contribution in [1.29, 1.82) is 0 Å². The lowest BCUT2D eigenvalue weighted by Crippen LogP contribution is -2.51. The monoisotopic (exact) mass is 444 g/mol. The Balaban J connectivity index is 3.19. The van der Waals surface area contributed by atoms with Gasteiger partial charge in [0.15, 0.2) is 0 Å². The molecule has 3 amide bonds. The third-order valence-corrected chi connectivity index (χ3v) is 4.33. The third kappa shape index (κ3) is 7.41. The van der Waals surface area contributed by atoms with E-state index in [1.807, 2.05) is 6.92 Å². The van der Waals surface area contributed by atoms with Crippen molar-refractivity contribution in [3.8, 4) is 0 Å². The van der Waals surface area contributed by atoms with Crippen molar-refractivity contribution in [3.05, 3.63) is 0 Å². The highest BCUT2D eigenvalue weighted by Gasteiger charge is 2.48. The summed E-state index contributed by atoms with van der Waals surface area (Å²) in [5, 5.41) is 0. The third-order valence-electron chi connectivity index (χ3n) is 4.33. The van der Waals surface area contributed by atoms with Gasteiger partial charge >= 0.3 is 30.0 Å². The maximum Gasteiger partial charge on any atom is 0.417 e. The van der Waals surface area contributed by atoms with Crippen LogP contribution in [0.25, 0.3) is 0 Å². The Labute approximate surface area is 181 Å². The molecule has 1 saturated heterocycles.